The topological polar surface area (TPSA) is 53.2 Å². The molecule has 1 aromatic carbocycles. The minimum atomic E-state index is -0.818. The van der Waals surface area contributed by atoms with Gasteiger partial charge in [0.25, 0.3) is 0 Å². The van der Waals surface area contributed by atoms with Crippen molar-refractivity contribution in [1.29, 1.82) is 5.26 Å². The summed E-state index contributed by atoms with van der Waals surface area (Å²) in [6.45, 7) is 1.92. The van der Waals surface area contributed by atoms with E-state index in [2.05, 4.69) is 6.07 Å². The summed E-state index contributed by atoms with van der Waals surface area (Å²) in [6, 6.07) is 7.79. The van der Waals surface area contributed by atoms with Gasteiger partial charge in [-0.05, 0) is 37.0 Å². The zero-order valence-electron chi connectivity index (χ0n) is 10.5. The van der Waals surface area contributed by atoms with Crippen molar-refractivity contribution in [2.24, 2.45) is 0 Å². The highest BCUT2D eigenvalue weighted by Gasteiger charge is 2.45. The monoisotopic (exact) mass is 243 g/mol. The van der Waals surface area contributed by atoms with Gasteiger partial charge in [0.1, 0.15) is 0 Å². The van der Waals surface area contributed by atoms with Gasteiger partial charge in [-0.25, -0.2) is 0 Å². The van der Waals surface area contributed by atoms with Crippen molar-refractivity contribution in [3.63, 3.8) is 0 Å². The quantitative estimate of drug-likeness (QED) is 0.824. The number of ether oxygens (including phenoxy) is 1. The minimum Gasteiger partial charge on any atom is -0.385 e. The van der Waals surface area contributed by atoms with Gasteiger partial charge in [0.2, 0.25) is 0 Å². The molecular formula is C15H17NO2. The second-order valence-electron chi connectivity index (χ2n) is 5.49. The van der Waals surface area contributed by atoms with Gasteiger partial charge in [-0.15, -0.1) is 0 Å². The SMILES string of the molecule is Cc1c(C#N)cccc1C1(O)CC2CCC(C1)O2. The van der Waals surface area contributed by atoms with Gasteiger partial charge in [-0.3, -0.25) is 0 Å². The molecule has 2 saturated heterocycles. The first-order valence-electron chi connectivity index (χ1n) is 6.50. The van der Waals surface area contributed by atoms with Crippen LogP contribution in [0.2, 0.25) is 0 Å². The van der Waals surface area contributed by atoms with Crippen LogP contribution in [0.1, 0.15) is 42.4 Å². The Kier molecular flexibility index (Phi) is 2.65. The van der Waals surface area contributed by atoms with E-state index in [1.807, 2.05) is 19.1 Å². The van der Waals surface area contributed by atoms with E-state index in [0.29, 0.717) is 18.4 Å². The average molecular weight is 243 g/mol. The highest BCUT2D eigenvalue weighted by Crippen LogP contribution is 2.44. The fourth-order valence-electron chi connectivity index (χ4n) is 3.40. The second-order valence-corrected chi connectivity index (χ2v) is 5.49. The van der Waals surface area contributed by atoms with Crippen LogP contribution in [0.4, 0.5) is 0 Å². The lowest BCUT2D eigenvalue weighted by molar-refractivity contribution is -0.115. The molecule has 1 N–H and O–H groups in total. The lowest BCUT2D eigenvalue weighted by atomic mass is 9.80. The van der Waals surface area contributed by atoms with Crippen LogP contribution >= 0.6 is 0 Å². The van der Waals surface area contributed by atoms with Crippen LogP contribution in [-0.4, -0.2) is 17.3 Å². The Bertz CT molecular complexity index is 506. The minimum absolute atomic E-state index is 0.180. The van der Waals surface area contributed by atoms with Crippen molar-refractivity contribution >= 4 is 0 Å². The molecule has 0 radical (unpaired) electrons. The van der Waals surface area contributed by atoms with Crippen LogP contribution in [-0.2, 0) is 10.3 Å². The Balaban J connectivity index is 2.02. The number of aliphatic hydroxyl groups is 1. The number of nitrogens with zero attached hydrogens (tertiary/aromatic N) is 1. The van der Waals surface area contributed by atoms with E-state index in [-0.39, 0.29) is 12.2 Å². The Hall–Kier alpha value is -1.37. The van der Waals surface area contributed by atoms with Crippen molar-refractivity contribution in [1.82, 2.24) is 0 Å². The van der Waals surface area contributed by atoms with E-state index in [4.69, 9.17) is 10.00 Å². The largest absolute Gasteiger partial charge is 0.385 e. The predicted molar refractivity (Wildman–Crippen MR) is 66.9 cm³/mol. The first-order valence-corrected chi connectivity index (χ1v) is 6.50. The third-order valence-electron chi connectivity index (χ3n) is 4.28. The average Bonchev–Trinajstić information content (AvgIpc) is 2.69. The van der Waals surface area contributed by atoms with Crippen LogP contribution in [0, 0.1) is 18.3 Å². The summed E-state index contributed by atoms with van der Waals surface area (Å²) in [5, 5.41) is 20.0. The fraction of sp³-hybridized carbons (Fsp3) is 0.533. The highest BCUT2D eigenvalue weighted by molar-refractivity contribution is 5.44. The van der Waals surface area contributed by atoms with Gasteiger partial charge in [0.05, 0.1) is 29.4 Å². The van der Waals surface area contributed by atoms with Crippen LogP contribution in [0.3, 0.4) is 0 Å². The van der Waals surface area contributed by atoms with Crippen LogP contribution in [0.25, 0.3) is 0 Å². The van der Waals surface area contributed by atoms with Crippen molar-refractivity contribution in [3.05, 3.63) is 34.9 Å². The Morgan fingerprint density at radius 3 is 2.61 bits per heavy atom. The molecular weight excluding hydrogens is 226 g/mol. The number of hydrogen-bond acceptors (Lipinski definition) is 3. The van der Waals surface area contributed by atoms with E-state index in [0.717, 1.165) is 24.0 Å². The Labute approximate surface area is 107 Å². The maximum atomic E-state index is 10.9. The Morgan fingerprint density at radius 2 is 2.00 bits per heavy atom. The molecule has 3 nitrogen and oxygen atoms in total. The van der Waals surface area contributed by atoms with E-state index in [1.54, 1.807) is 6.07 Å². The molecule has 2 atom stereocenters. The van der Waals surface area contributed by atoms with Gasteiger partial charge in [-0.2, -0.15) is 5.26 Å². The molecule has 18 heavy (non-hydrogen) atoms. The van der Waals surface area contributed by atoms with Gasteiger partial charge in [0, 0.05) is 12.8 Å². The number of rotatable bonds is 1. The molecule has 2 fully saturated rings. The van der Waals surface area contributed by atoms with Crippen LogP contribution in [0.5, 0.6) is 0 Å². The summed E-state index contributed by atoms with van der Waals surface area (Å²) in [5.41, 5.74) is 1.64. The van der Waals surface area contributed by atoms with E-state index in [1.165, 1.54) is 0 Å². The lowest BCUT2D eigenvalue weighted by Gasteiger charge is -2.37. The fourth-order valence-corrected chi connectivity index (χ4v) is 3.40. The molecule has 2 heterocycles. The van der Waals surface area contributed by atoms with Crippen molar-refractivity contribution < 1.29 is 9.84 Å². The molecule has 0 spiro atoms. The standard InChI is InChI=1S/C15H17NO2/c1-10-11(9-16)3-2-4-14(10)15(17)7-12-5-6-13(8-15)18-12/h2-4,12-13,17H,5-8H2,1H3. The normalized spacial score (nSPS) is 34.3. The molecule has 0 amide bonds. The van der Waals surface area contributed by atoms with E-state index < -0.39 is 5.60 Å². The summed E-state index contributed by atoms with van der Waals surface area (Å²) >= 11 is 0. The van der Waals surface area contributed by atoms with Crippen LogP contribution < -0.4 is 0 Å². The summed E-state index contributed by atoms with van der Waals surface area (Å²) in [6.07, 6.45) is 3.75. The first-order chi connectivity index (χ1) is 8.62. The maximum Gasteiger partial charge on any atom is 0.0994 e. The van der Waals surface area contributed by atoms with Crippen molar-refractivity contribution in [2.75, 3.05) is 0 Å². The molecule has 2 aliphatic heterocycles. The molecule has 3 rings (SSSR count). The third kappa shape index (κ3) is 1.73. The van der Waals surface area contributed by atoms with Gasteiger partial charge in [-0.1, -0.05) is 12.1 Å². The number of benzene rings is 1. The zero-order valence-corrected chi connectivity index (χ0v) is 10.5. The number of hydrogen-bond donors (Lipinski definition) is 1. The molecule has 2 bridgehead atoms. The van der Waals surface area contributed by atoms with E-state index in [9.17, 15) is 5.11 Å². The number of nitriles is 1. The molecule has 1 aromatic rings. The molecule has 2 aliphatic rings. The van der Waals surface area contributed by atoms with Crippen molar-refractivity contribution in [2.45, 2.75) is 50.4 Å². The molecule has 2 unspecified atom stereocenters. The molecule has 94 valence electrons. The number of fused-ring (bicyclic) bond motifs is 2. The van der Waals surface area contributed by atoms with Crippen molar-refractivity contribution in [3.8, 4) is 6.07 Å². The van der Waals surface area contributed by atoms with Crippen LogP contribution in [0.15, 0.2) is 18.2 Å². The summed E-state index contributed by atoms with van der Waals surface area (Å²) in [7, 11) is 0. The predicted octanol–water partition coefficient (Wildman–Crippen LogP) is 2.40. The summed E-state index contributed by atoms with van der Waals surface area (Å²) in [4.78, 5) is 0. The third-order valence-corrected chi connectivity index (χ3v) is 4.28. The van der Waals surface area contributed by atoms with E-state index >= 15 is 0 Å². The lowest BCUT2D eigenvalue weighted by Crippen LogP contribution is -2.39. The smallest absolute Gasteiger partial charge is 0.0994 e. The zero-order chi connectivity index (χ0) is 12.8. The van der Waals surface area contributed by atoms with Gasteiger partial charge in [0.15, 0.2) is 0 Å². The molecule has 0 aliphatic carbocycles. The first kappa shape index (κ1) is 11.7. The van der Waals surface area contributed by atoms with Gasteiger partial charge < -0.3 is 9.84 Å². The molecule has 3 heteroatoms. The van der Waals surface area contributed by atoms with Gasteiger partial charge >= 0.3 is 0 Å². The molecule has 0 aromatic heterocycles. The maximum absolute atomic E-state index is 10.9. The second kappa shape index (κ2) is 4.08. The summed E-state index contributed by atoms with van der Waals surface area (Å²) in [5.74, 6) is 0. The highest BCUT2D eigenvalue weighted by atomic mass is 16.5. The Morgan fingerprint density at radius 1 is 1.33 bits per heavy atom. The summed E-state index contributed by atoms with van der Waals surface area (Å²) < 4.78 is 5.79. The molecule has 0 saturated carbocycles.